The molecule has 1 aromatic heterocycles. The van der Waals surface area contributed by atoms with Gasteiger partial charge in [0.05, 0.1) is 5.39 Å². The standard InChI is InChI=1S/C21H21N3O4/c1-3-12-24-20(26)16-10-6-5-9-15(16)19(23-24)21(27)28-13-18(25)22-17-11-7-4-8-14(17)2/h4-11H,3,12-13H2,1-2H3,(H,22,25). The van der Waals surface area contributed by atoms with Crippen molar-refractivity contribution in [1.29, 1.82) is 0 Å². The van der Waals surface area contributed by atoms with Gasteiger partial charge in [-0.1, -0.05) is 43.3 Å². The third-order valence-corrected chi connectivity index (χ3v) is 4.25. The van der Waals surface area contributed by atoms with Crippen LogP contribution in [0.1, 0.15) is 29.4 Å². The SMILES string of the molecule is CCCn1nc(C(=O)OCC(=O)Nc2ccccc2C)c2ccccc2c1=O. The monoisotopic (exact) mass is 379 g/mol. The zero-order chi connectivity index (χ0) is 20.1. The van der Waals surface area contributed by atoms with Crippen LogP contribution in [0.25, 0.3) is 10.8 Å². The van der Waals surface area contributed by atoms with E-state index in [0.717, 1.165) is 5.56 Å². The van der Waals surface area contributed by atoms with Gasteiger partial charge in [-0.3, -0.25) is 9.59 Å². The van der Waals surface area contributed by atoms with E-state index in [1.165, 1.54) is 4.68 Å². The number of fused-ring (bicyclic) bond motifs is 1. The van der Waals surface area contributed by atoms with Crippen LogP contribution in [0.3, 0.4) is 0 Å². The Kier molecular flexibility index (Phi) is 5.84. The third-order valence-electron chi connectivity index (χ3n) is 4.25. The van der Waals surface area contributed by atoms with Crippen molar-refractivity contribution in [1.82, 2.24) is 9.78 Å². The summed E-state index contributed by atoms with van der Waals surface area (Å²) in [6, 6.07) is 14.0. The number of ether oxygens (including phenoxy) is 1. The highest BCUT2D eigenvalue weighted by molar-refractivity contribution is 6.03. The van der Waals surface area contributed by atoms with Gasteiger partial charge in [0.2, 0.25) is 0 Å². The van der Waals surface area contributed by atoms with Crippen molar-refractivity contribution in [3.63, 3.8) is 0 Å². The topological polar surface area (TPSA) is 90.3 Å². The van der Waals surface area contributed by atoms with E-state index in [1.807, 2.05) is 32.0 Å². The van der Waals surface area contributed by atoms with Crippen LogP contribution < -0.4 is 10.9 Å². The highest BCUT2D eigenvalue weighted by Crippen LogP contribution is 2.15. The van der Waals surface area contributed by atoms with E-state index < -0.39 is 18.5 Å². The van der Waals surface area contributed by atoms with Gasteiger partial charge in [-0.25, -0.2) is 9.48 Å². The lowest BCUT2D eigenvalue weighted by Gasteiger charge is -2.11. The minimum absolute atomic E-state index is 0.0207. The molecular formula is C21H21N3O4. The molecule has 1 heterocycles. The molecule has 0 bridgehead atoms. The summed E-state index contributed by atoms with van der Waals surface area (Å²) in [7, 11) is 0. The first kappa shape index (κ1) is 19.3. The Balaban J connectivity index is 1.80. The molecule has 1 amide bonds. The van der Waals surface area contributed by atoms with Crippen LogP contribution in [0, 0.1) is 6.92 Å². The number of para-hydroxylation sites is 1. The lowest BCUT2D eigenvalue weighted by Crippen LogP contribution is -2.27. The molecule has 0 saturated heterocycles. The average molecular weight is 379 g/mol. The number of aromatic nitrogens is 2. The van der Waals surface area contributed by atoms with Gasteiger partial charge < -0.3 is 10.1 Å². The van der Waals surface area contributed by atoms with E-state index in [2.05, 4.69) is 10.4 Å². The van der Waals surface area contributed by atoms with Crippen LogP contribution >= 0.6 is 0 Å². The number of esters is 1. The van der Waals surface area contributed by atoms with Crippen molar-refractivity contribution in [2.45, 2.75) is 26.8 Å². The fourth-order valence-electron chi connectivity index (χ4n) is 2.85. The Morgan fingerprint density at radius 3 is 2.46 bits per heavy atom. The summed E-state index contributed by atoms with van der Waals surface area (Å²) in [5, 5.41) is 7.66. The molecule has 7 nitrogen and oxygen atoms in total. The number of hydrogen-bond acceptors (Lipinski definition) is 5. The molecule has 0 spiro atoms. The molecule has 0 saturated carbocycles. The maximum absolute atomic E-state index is 12.6. The molecule has 0 aliphatic rings. The number of benzene rings is 2. The number of hydrogen-bond donors (Lipinski definition) is 1. The Hall–Kier alpha value is -3.48. The molecule has 0 fully saturated rings. The van der Waals surface area contributed by atoms with Gasteiger partial charge in [-0.2, -0.15) is 5.10 Å². The lowest BCUT2D eigenvalue weighted by molar-refractivity contribution is -0.119. The maximum atomic E-state index is 12.6. The first-order chi connectivity index (χ1) is 13.5. The van der Waals surface area contributed by atoms with Crippen LogP contribution in [0.2, 0.25) is 0 Å². The number of aryl methyl sites for hydroxylation is 2. The summed E-state index contributed by atoms with van der Waals surface area (Å²) in [4.78, 5) is 37.2. The first-order valence-corrected chi connectivity index (χ1v) is 9.03. The molecule has 28 heavy (non-hydrogen) atoms. The van der Waals surface area contributed by atoms with E-state index in [-0.39, 0.29) is 11.3 Å². The number of anilines is 1. The zero-order valence-corrected chi connectivity index (χ0v) is 15.8. The van der Waals surface area contributed by atoms with Crippen molar-refractivity contribution in [2.24, 2.45) is 0 Å². The Morgan fingerprint density at radius 1 is 1.07 bits per heavy atom. The summed E-state index contributed by atoms with van der Waals surface area (Å²) in [6.07, 6.45) is 0.693. The number of carbonyl (C=O) groups is 2. The fraction of sp³-hybridized carbons (Fsp3) is 0.238. The van der Waals surface area contributed by atoms with Gasteiger partial charge in [0, 0.05) is 17.6 Å². The van der Waals surface area contributed by atoms with Crippen molar-refractivity contribution in [2.75, 3.05) is 11.9 Å². The van der Waals surface area contributed by atoms with Crippen LogP contribution in [-0.2, 0) is 16.1 Å². The predicted molar refractivity (Wildman–Crippen MR) is 106 cm³/mol. The first-order valence-electron chi connectivity index (χ1n) is 9.03. The predicted octanol–water partition coefficient (Wildman–Crippen LogP) is 2.91. The lowest BCUT2D eigenvalue weighted by atomic mass is 10.1. The molecule has 0 unspecified atom stereocenters. The maximum Gasteiger partial charge on any atom is 0.359 e. The highest BCUT2D eigenvalue weighted by Gasteiger charge is 2.19. The number of rotatable bonds is 6. The van der Waals surface area contributed by atoms with Crippen LogP contribution in [0.15, 0.2) is 53.3 Å². The minimum Gasteiger partial charge on any atom is -0.451 e. The summed E-state index contributed by atoms with van der Waals surface area (Å²) < 4.78 is 6.41. The van der Waals surface area contributed by atoms with Crippen molar-refractivity contribution in [3.8, 4) is 0 Å². The summed E-state index contributed by atoms with van der Waals surface area (Å²) in [6.45, 7) is 3.72. The van der Waals surface area contributed by atoms with Gasteiger partial charge in [-0.15, -0.1) is 0 Å². The molecule has 0 aliphatic carbocycles. The van der Waals surface area contributed by atoms with Gasteiger partial charge in [0.25, 0.3) is 11.5 Å². The number of carbonyl (C=O) groups excluding carboxylic acids is 2. The quantitative estimate of drug-likeness (QED) is 0.665. The number of nitrogens with zero attached hydrogens (tertiary/aromatic N) is 2. The van der Waals surface area contributed by atoms with E-state index in [1.54, 1.807) is 30.3 Å². The third kappa shape index (κ3) is 4.09. The second-order valence-electron chi connectivity index (χ2n) is 6.36. The Labute approximate surface area is 161 Å². The number of nitrogens with one attached hydrogen (secondary N) is 1. The minimum atomic E-state index is -0.749. The Morgan fingerprint density at radius 2 is 1.75 bits per heavy atom. The molecular weight excluding hydrogens is 358 g/mol. The van der Waals surface area contributed by atoms with E-state index in [9.17, 15) is 14.4 Å². The highest BCUT2D eigenvalue weighted by atomic mass is 16.5. The van der Waals surface area contributed by atoms with E-state index in [0.29, 0.717) is 29.4 Å². The molecule has 0 radical (unpaired) electrons. The fourth-order valence-corrected chi connectivity index (χ4v) is 2.85. The van der Waals surface area contributed by atoms with Gasteiger partial charge in [0.15, 0.2) is 12.3 Å². The normalized spacial score (nSPS) is 10.6. The Bertz CT molecular complexity index is 1090. The average Bonchev–Trinajstić information content (AvgIpc) is 2.70. The molecule has 0 atom stereocenters. The second kappa shape index (κ2) is 8.47. The molecule has 0 aliphatic heterocycles. The molecule has 144 valence electrons. The van der Waals surface area contributed by atoms with Crippen molar-refractivity contribution < 1.29 is 14.3 Å². The van der Waals surface area contributed by atoms with Crippen LogP contribution in [-0.4, -0.2) is 28.3 Å². The van der Waals surface area contributed by atoms with Crippen LogP contribution in [0.4, 0.5) is 5.69 Å². The smallest absolute Gasteiger partial charge is 0.359 e. The van der Waals surface area contributed by atoms with Crippen molar-refractivity contribution >= 4 is 28.3 Å². The molecule has 1 N–H and O–H groups in total. The van der Waals surface area contributed by atoms with Gasteiger partial charge in [0.1, 0.15) is 0 Å². The summed E-state index contributed by atoms with van der Waals surface area (Å²) >= 11 is 0. The summed E-state index contributed by atoms with van der Waals surface area (Å²) in [5.74, 6) is -1.20. The second-order valence-corrected chi connectivity index (χ2v) is 6.36. The van der Waals surface area contributed by atoms with Crippen LogP contribution in [0.5, 0.6) is 0 Å². The molecule has 3 aromatic rings. The number of amides is 1. The van der Waals surface area contributed by atoms with Gasteiger partial charge in [-0.05, 0) is 31.0 Å². The molecule has 7 heteroatoms. The van der Waals surface area contributed by atoms with Crippen molar-refractivity contribution in [3.05, 3.63) is 70.1 Å². The summed E-state index contributed by atoms with van der Waals surface area (Å²) in [5.41, 5.74) is 1.32. The van der Waals surface area contributed by atoms with E-state index >= 15 is 0 Å². The molecule has 3 rings (SSSR count). The largest absolute Gasteiger partial charge is 0.451 e. The molecule has 2 aromatic carbocycles. The van der Waals surface area contributed by atoms with E-state index in [4.69, 9.17) is 4.74 Å². The van der Waals surface area contributed by atoms with Gasteiger partial charge >= 0.3 is 5.97 Å². The zero-order valence-electron chi connectivity index (χ0n) is 15.8.